The van der Waals surface area contributed by atoms with Crippen LogP contribution in [0.1, 0.15) is 28.3 Å². The molecule has 0 saturated heterocycles. The van der Waals surface area contributed by atoms with Crippen molar-refractivity contribution in [1.29, 1.82) is 0 Å². The molecular weight excluding hydrogens is 277 g/mol. The van der Waals surface area contributed by atoms with E-state index in [-0.39, 0.29) is 6.04 Å². The summed E-state index contributed by atoms with van der Waals surface area (Å²) in [6, 6.07) is 11.9. The van der Waals surface area contributed by atoms with E-state index in [0.717, 1.165) is 10.6 Å². The Balaban J connectivity index is 2.59. The van der Waals surface area contributed by atoms with E-state index in [4.69, 9.17) is 23.2 Å². The molecule has 0 bridgehead atoms. The van der Waals surface area contributed by atoms with E-state index in [1.54, 1.807) is 0 Å². The summed E-state index contributed by atoms with van der Waals surface area (Å²) in [5.74, 6) is 0. The molecule has 0 heterocycles. The van der Waals surface area contributed by atoms with Gasteiger partial charge in [-0.1, -0.05) is 41.4 Å². The van der Waals surface area contributed by atoms with Crippen LogP contribution in [-0.4, -0.2) is 7.05 Å². The van der Waals surface area contributed by atoms with Gasteiger partial charge in [-0.3, -0.25) is 0 Å². The second kappa shape index (κ2) is 5.96. The topological polar surface area (TPSA) is 12.0 Å². The van der Waals surface area contributed by atoms with Crippen LogP contribution in [0.4, 0.5) is 0 Å². The molecule has 0 fully saturated rings. The Bertz CT molecular complexity index is 573. The Morgan fingerprint density at radius 1 is 1.00 bits per heavy atom. The van der Waals surface area contributed by atoms with Crippen LogP contribution in [0.15, 0.2) is 36.4 Å². The lowest BCUT2D eigenvalue weighted by atomic mass is 9.91. The van der Waals surface area contributed by atoms with Crippen LogP contribution in [0.2, 0.25) is 10.0 Å². The Labute approximate surface area is 124 Å². The number of rotatable bonds is 3. The molecule has 0 radical (unpaired) electrons. The number of hydrogen-bond donors (Lipinski definition) is 1. The van der Waals surface area contributed by atoms with Gasteiger partial charge in [0.2, 0.25) is 0 Å². The first-order valence-corrected chi connectivity index (χ1v) is 6.98. The Hall–Kier alpha value is -1.02. The first kappa shape index (κ1) is 14.4. The summed E-state index contributed by atoms with van der Waals surface area (Å²) >= 11 is 12.4. The number of benzene rings is 2. The maximum Gasteiger partial charge on any atom is 0.0594 e. The quantitative estimate of drug-likeness (QED) is 0.847. The predicted octanol–water partition coefficient (Wildman–Crippen LogP) is 4.92. The summed E-state index contributed by atoms with van der Waals surface area (Å²) in [4.78, 5) is 0. The number of halogens is 2. The molecule has 0 amide bonds. The zero-order valence-corrected chi connectivity index (χ0v) is 12.8. The zero-order chi connectivity index (χ0) is 14.0. The van der Waals surface area contributed by atoms with Crippen molar-refractivity contribution in [1.82, 2.24) is 5.32 Å². The van der Waals surface area contributed by atoms with Crippen LogP contribution in [0.25, 0.3) is 0 Å². The van der Waals surface area contributed by atoms with Crippen molar-refractivity contribution in [2.45, 2.75) is 19.9 Å². The summed E-state index contributed by atoms with van der Waals surface area (Å²) in [5.41, 5.74) is 4.76. The highest BCUT2D eigenvalue weighted by Gasteiger charge is 2.19. The monoisotopic (exact) mass is 293 g/mol. The lowest BCUT2D eigenvalue weighted by molar-refractivity contribution is 0.683. The fraction of sp³-hybridized carbons (Fsp3) is 0.250. The minimum atomic E-state index is 0.0485. The lowest BCUT2D eigenvalue weighted by Gasteiger charge is -2.23. The molecule has 100 valence electrons. The third-order valence-electron chi connectivity index (χ3n) is 3.39. The normalized spacial score (nSPS) is 12.5. The molecule has 19 heavy (non-hydrogen) atoms. The number of aryl methyl sites for hydroxylation is 2. The van der Waals surface area contributed by atoms with E-state index in [2.05, 4.69) is 37.4 Å². The number of hydrogen-bond acceptors (Lipinski definition) is 1. The van der Waals surface area contributed by atoms with Gasteiger partial charge in [0.25, 0.3) is 0 Å². The molecule has 1 unspecified atom stereocenters. The average molecular weight is 294 g/mol. The minimum Gasteiger partial charge on any atom is -0.309 e. The van der Waals surface area contributed by atoms with Crippen molar-refractivity contribution in [3.63, 3.8) is 0 Å². The van der Waals surface area contributed by atoms with Crippen molar-refractivity contribution < 1.29 is 0 Å². The standard InChI is InChI=1S/C16H17Cl2N/c1-10-5-4-6-11(2)15(10)16(19-3)13-9-12(17)7-8-14(13)18/h4-9,16,19H,1-3H3. The van der Waals surface area contributed by atoms with E-state index >= 15 is 0 Å². The lowest BCUT2D eigenvalue weighted by Crippen LogP contribution is -2.20. The van der Waals surface area contributed by atoms with Crippen LogP contribution in [0, 0.1) is 13.8 Å². The Morgan fingerprint density at radius 2 is 1.63 bits per heavy atom. The largest absolute Gasteiger partial charge is 0.309 e. The minimum absolute atomic E-state index is 0.0485. The van der Waals surface area contributed by atoms with Crippen LogP contribution in [0.3, 0.4) is 0 Å². The summed E-state index contributed by atoms with van der Waals surface area (Å²) < 4.78 is 0. The van der Waals surface area contributed by atoms with Crippen molar-refractivity contribution >= 4 is 23.2 Å². The van der Waals surface area contributed by atoms with Crippen LogP contribution >= 0.6 is 23.2 Å². The van der Waals surface area contributed by atoms with Crippen LogP contribution in [-0.2, 0) is 0 Å². The Morgan fingerprint density at radius 3 is 2.21 bits per heavy atom. The molecule has 0 aliphatic carbocycles. The third kappa shape index (κ3) is 2.94. The van der Waals surface area contributed by atoms with E-state index < -0.39 is 0 Å². The van der Waals surface area contributed by atoms with E-state index in [0.29, 0.717) is 5.02 Å². The van der Waals surface area contributed by atoms with Crippen molar-refractivity contribution in [2.24, 2.45) is 0 Å². The van der Waals surface area contributed by atoms with Crippen LogP contribution in [0.5, 0.6) is 0 Å². The van der Waals surface area contributed by atoms with Crippen LogP contribution < -0.4 is 5.32 Å². The van der Waals surface area contributed by atoms with Gasteiger partial charge in [0.05, 0.1) is 6.04 Å². The molecule has 2 aromatic carbocycles. The van der Waals surface area contributed by atoms with Gasteiger partial charge in [-0.2, -0.15) is 0 Å². The second-order valence-corrected chi connectivity index (χ2v) is 5.54. The fourth-order valence-electron chi connectivity index (χ4n) is 2.47. The van der Waals surface area contributed by atoms with E-state index in [1.807, 2.05) is 25.2 Å². The van der Waals surface area contributed by atoms with Gasteiger partial charge in [0, 0.05) is 10.0 Å². The molecule has 0 aliphatic heterocycles. The highest BCUT2D eigenvalue weighted by Crippen LogP contribution is 2.33. The summed E-state index contributed by atoms with van der Waals surface area (Å²) in [6.07, 6.45) is 0. The van der Waals surface area contributed by atoms with Gasteiger partial charge in [-0.15, -0.1) is 0 Å². The first-order chi connectivity index (χ1) is 9.04. The Kier molecular flexibility index (Phi) is 4.51. The highest BCUT2D eigenvalue weighted by atomic mass is 35.5. The molecule has 2 aromatic rings. The van der Waals surface area contributed by atoms with Crippen molar-refractivity contribution in [2.75, 3.05) is 7.05 Å². The number of nitrogens with one attached hydrogen (secondary N) is 1. The van der Waals surface area contributed by atoms with Gasteiger partial charge in [0.15, 0.2) is 0 Å². The second-order valence-electron chi connectivity index (χ2n) is 4.69. The third-order valence-corrected chi connectivity index (χ3v) is 3.97. The molecule has 2 rings (SSSR count). The zero-order valence-electron chi connectivity index (χ0n) is 11.3. The summed E-state index contributed by atoms with van der Waals surface area (Å²) in [5, 5.41) is 4.77. The molecule has 0 aliphatic rings. The predicted molar refractivity (Wildman–Crippen MR) is 83.3 cm³/mol. The molecule has 3 heteroatoms. The molecule has 1 atom stereocenters. The first-order valence-electron chi connectivity index (χ1n) is 6.23. The highest BCUT2D eigenvalue weighted by molar-refractivity contribution is 6.33. The summed E-state index contributed by atoms with van der Waals surface area (Å²) in [6.45, 7) is 4.23. The molecule has 1 N–H and O–H groups in total. The van der Waals surface area contributed by atoms with Crippen molar-refractivity contribution in [3.8, 4) is 0 Å². The SMILES string of the molecule is CNC(c1cc(Cl)ccc1Cl)c1c(C)cccc1C. The van der Waals surface area contributed by atoms with Gasteiger partial charge < -0.3 is 5.32 Å². The molecule has 0 aromatic heterocycles. The van der Waals surface area contributed by atoms with E-state index in [9.17, 15) is 0 Å². The molecule has 0 saturated carbocycles. The van der Waals surface area contributed by atoms with Gasteiger partial charge in [-0.05, 0) is 61.3 Å². The molecule has 1 nitrogen and oxygen atoms in total. The fourth-order valence-corrected chi connectivity index (χ4v) is 2.88. The van der Waals surface area contributed by atoms with Gasteiger partial charge in [0.1, 0.15) is 0 Å². The van der Waals surface area contributed by atoms with Crippen molar-refractivity contribution in [3.05, 3.63) is 68.7 Å². The van der Waals surface area contributed by atoms with Gasteiger partial charge >= 0.3 is 0 Å². The molecular formula is C16H17Cl2N. The van der Waals surface area contributed by atoms with E-state index in [1.165, 1.54) is 16.7 Å². The van der Waals surface area contributed by atoms with Gasteiger partial charge in [-0.25, -0.2) is 0 Å². The maximum absolute atomic E-state index is 6.33. The average Bonchev–Trinajstić information content (AvgIpc) is 2.37. The maximum atomic E-state index is 6.33. The summed E-state index contributed by atoms with van der Waals surface area (Å²) in [7, 11) is 1.94. The molecule has 0 spiro atoms. The smallest absolute Gasteiger partial charge is 0.0594 e.